The topological polar surface area (TPSA) is 125 Å². The molecule has 2 heterocycles. The number of halogens is 1. The molecule has 38 heavy (non-hydrogen) atoms. The number of nitrogens with one attached hydrogen (secondary N) is 2. The van der Waals surface area contributed by atoms with Crippen molar-refractivity contribution in [3.63, 3.8) is 0 Å². The van der Waals surface area contributed by atoms with E-state index in [0.29, 0.717) is 46.4 Å². The summed E-state index contributed by atoms with van der Waals surface area (Å²) in [4.78, 5) is 17.4. The van der Waals surface area contributed by atoms with Crippen molar-refractivity contribution >= 4 is 34.6 Å². The number of nitrogens with two attached hydrogens (primary N) is 1. The smallest absolute Gasteiger partial charge is 0.232 e. The maximum Gasteiger partial charge on any atom is 0.232 e. The summed E-state index contributed by atoms with van der Waals surface area (Å²) >= 11 is 0. The van der Waals surface area contributed by atoms with Crippen LogP contribution in [-0.4, -0.2) is 65.3 Å². The highest BCUT2D eigenvalue weighted by Crippen LogP contribution is 2.40. The van der Waals surface area contributed by atoms with Gasteiger partial charge in [-0.1, -0.05) is 6.92 Å². The minimum absolute atomic E-state index is 0.234. The Labute approximate surface area is 223 Å². The van der Waals surface area contributed by atoms with Crippen LogP contribution in [0, 0.1) is 12.7 Å². The van der Waals surface area contributed by atoms with E-state index in [2.05, 4.69) is 49.5 Å². The zero-order valence-electron chi connectivity index (χ0n) is 22.8. The maximum atomic E-state index is 14.3. The summed E-state index contributed by atoms with van der Waals surface area (Å²) in [6.07, 6.45) is 2.88. The Morgan fingerprint density at radius 3 is 2.45 bits per heavy atom. The van der Waals surface area contributed by atoms with Crippen LogP contribution in [0.15, 0.2) is 30.6 Å². The monoisotopic (exact) mass is 524 g/mol. The van der Waals surface area contributed by atoms with Gasteiger partial charge in [-0.3, -0.25) is 0 Å². The van der Waals surface area contributed by atoms with Crippen LogP contribution < -0.4 is 26.0 Å². The number of likely N-dealkylation sites (N-methyl/N-ethyl adjacent to an activating group) is 1. The van der Waals surface area contributed by atoms with E-state index in [-0.39, 0.29) is 11.9 Å². The number of anilines is 6. The molecule has 2 aromatic carbocycles. The minimum atomic E-state index is -1.24. The number of rotatable bonds is 10. The minimum Gasteiger partial charge on any atom is -0.494 e. The number of nitrogens with zero attached hydrogens (tertiary/aromatic N) is 5. The van der Waals surface area contributed by atoms with Gasteiger partial charge in [0.2, 0.25) is 11.9 Å². The lowest BCUT2D eigenvalue weighted by Crippen LogP contribution is -2.52. The number of methoxy groups -OCH3 is 1. The summed E-state index contributed by atoms with van der Waals surface area (Å²) in [5.74, 6) is 0.717. The first-order chi connectivity index (χ1) is 18.0. The van der Waals surface area contributed by atoms with Crippen molar-refractivity contribution in [2.75, 3.05) is 55.6 Å². The van der Waals surface area contributed by atoms with Gasteiger partial charge in [0.25, 0.3) is 0 Å². The van der Waals surface area contributed by atoms with Gasteiger partial charge in [-0.05, 0) is 64.5 Å². The van der Waals surface area contributed by atoms with Crippen molar-refractivity contribution in [2.24, 2.45) is 0 Å². The van der Waals surface area contributed by atoms with Gasteiger partial charge in [0.15, 0.2) is 0 Å². The fraction of sp³-hybridized carbons (Fsp3) is 0.444. The number of hydrogen-bond acceptors (Lipinski definition) is 10. The highest BCUT2D eigenvalue weighted by Gasteiger charge is 2.30. The summed E-state index contributed by atoms with van der Waals surface area (Å²) in [6.45, 7) is 7.03. The Balaban J connectivity index is 1.59. The van der Waals surface area contributed by atoms with E-state index in [1.807, 2.05) is 19.1 Å². The lowest BCUT2D eigenvalue weighted by molar-refractivity contribution is 0.0535. The second-order valence-corrected chi connectivity index (χ2v) is 10.2. The molecule has 10 nitrogen and oxygen atoms in total. The van der Waals surface area contributed by atoms with Crippen molar-refractivity contribution in [2.45, 2.75) is 45.3 Å². The maximum absolute atomic E-state index is 14.3. The summed E-state index contributed by atoms with van der Waals surface area (Å²) < 4.78 is 20.0. The fourth-order valence-corrected chi connectivity index (χ4v) is 4.55. The van der Waals surface area contributed by atoms with Crippen LogP contribution in [0.3, 0.4) is 0 Å². The molecule has 5 N–H and O–H groups in total. The molecule has 1 fully saturated rings. The Morgan fingerprint density at radius 1 is 1.18 bits per heavy atom. The Hall–Kier alpha value is -3.70. The molecule has 0 spiro atoms. The van der Waals surface area contributed by atoms with E-state index in [0.717, 1.165) is 25.2 Å². The number of benzene rings is 2. The third-order valence-corrected chi connectivity index (χ3v) is 7.01. The number of ether oxygens (including phenoxy) is 1. The molecule has 3 aromatic rings. The molecule has 0 aliphatic carbocycles. The van der Waals surface area contributed by atoms with Crippen molar-refractivity contribution in [1.29, 1.82) is 0 Å². The first-order valence-electron chi connectivity index (χ1n) is 12.7. The molecular formula is C27H37FN8O2. The van der Waals surface area contributed by atoms with Crippen LogP contribution in [0.4, 0.5) is 39.0 Å². The van der Waals surface area contributed by atoms with Gasteiger partial charge in [-0.2, -0.15) is 4.98 Å². The van der Waals surface area contributed by atoms with Crippen molar-refractivity contribution in [1.82, 2.24) is 19.9 Å². The lowest BCUT2D eigenvalue weighted by atomic mass is 9.90. The number of aromatic nitrogens is 3. The molecule has 11 heteroatoms. The van der Waals surface area contributed by atoms with Gasteiger partial charge in [0.05, 0.1) is 29.8 Å². The summed E-state index contributed by atoms with van der Waals surface area (Å²) in [5.41, 5.74) is 8.76. The zero-order chi connectivity index (χ0) is 27.6. The fourth-order valence-electron chi connectivity index (χ4n) is 4.55. The number of aryl methyl sites for hydroxylation is 1. The van der Waals surface area contributed by atoms with E-state index in [4.69, 9.17) is 10.5 Å². The molecule has 0 bridgehead atoms. The van der Waals surface area contributed by atoms with Gasteiger partial charge in [0, 0.05) is 36.4 Å². The predicted octanol–water partition coefficient (Wildman–Crippen LogP) is 4.15. The van der Waals surface area contributed by atoms with Crippen molar-refractivity contribution < 1.29 is 14.2 Å². The van der Waals surface area contributed by atoms with Crippen LogP contribution in [0.2, 0.25) is 0 Å². The first kappa shape index (κ1) is 27.3. The molecule has 0 amide bonds. The zero-order valence-corrected chi connectivity index (χ0v) is 22.8. The highest BCUT2D eigenvalue weighted by molar-refractivity contribution is 5.80. The molecule has 0 radical (unpaired) electrons. The SMILES string of the molecule is CCC(C)(O)c1cc(F)c(C)cc1Nc1ncnc(Nc2cc(N)c(N3CC[C@@H]3CN(C)C)cc2OC)n1. The standard InChI is InChI=1S/C27H37FN8O2/c1-7-27(3,37)18-11-19(28)16(2)10-21(18)32-25-30-15-31-26(34-25)33-22-12-20(29)23(13-24(22)38-6)36-9-8-17(36)14-35(4)5/h10-13,15,17,37H,7-9,14,29H2,1-6H3,(H2,30,31,32,33,34)/t17-,27?/m1/s1. The van der Waals surface area contributed by atoms with Crippen molar-refractivity contribution in [3.8, 4) is 5.75 Å². The molecule has 1 aromatic heterocycles. The molecule has 1 aliphatic heterocycles. The van der Waals surface area contributed by atoms with Gasteiger partial charge in [-0.25, -0.2) is 14.4 Å². The molecule has 0 saturated carbocycles. The van der Waals surface area contributed by atoms with Crippen LogP contribution in [0.5, 0.6) is 5.75 Å². The second-order valence-electron chi connectivity index (χ2n) is 10.2. The summed E-state index contributed by atoms with van der Waals surface area (Å²) in [7, 11) is 5.73. The third kappa shape index (κ3) is 5.73. The molecule has 4 rings (SSSR count). The normalized spacial score (nSPS) is 16.7. The van der Waals surface area contributed by atoms with E-state index in [1.165, 1.54) is 12.4 Å². The van der Waals surface area contributed by atoms with Gasteiger partial charge < -0.3 is 36.0 Å². The summed E-state index contributed by atoms with van der Waals surface area (Å²) in [6, 6.07) is 7.13. The van der Waals surface area contributed by atoms with Crippen LogP contribution in [-0.2, 0) is 5.60 Å². The van der Waals surface area contributed by atoms with Crippen LogP contribution >= 0.6 is 0 Å². The van der Waals surface area contributed by atoms with Crippen LogP contribution in [0.25, 0.3) is 0 Å². The van der Waals surface area contributed by atoms with Gasteiger partial charge in [-0.15, -0.1) is 0 Å². The average Bonchev–Trinajstić information content (AvgIpc) is 2.85. The summed E-state index contributed by atoms with van der Waals surface area (Å²) in [5, 5.41) is 17.1. The van der Waals surface area contributed by atoms with Crippen LogP contribution in [0.1, 0.15) is 37.8 Å². The lowest BCUT2D eigenvalue weighted by Gasteiger charge is -2.44. The van der Waals surface area contributed by atoms with Crippen molar-refractivity contribution in [3.05, 3.63) is 47.5 Å². The Bertz CT molecular complexity index is 1300. The largest absolute Gasteiger partial charge is 0.494 e. The number of nitrogen functional groups attached to an aromatic ring is 1. The Morgan fingerprint density at radius 2 is 1.87 bits per heavy atom. The Kier molecular flexibility index (Phi) is 7.89. The predicted molar refractivity (Wildman–Crippen MR) is 149 cm³/mol. The first-order valence-corrected chi connectivity index (χ1v) is 12.7. The molecule has 204 valence electrons. The second kappa shape index (κ2) is 11.0. The van der Waals surface area contributed by atoms with Gasteiger partial charge >= 0.3 is 0 Å². The average molecular weight is 525 g/mol. The van der Waals surface area contributed by atoms with E-state index in [9.17, 15) is 9.50 Å². The molecule has 1 saturated heterocycles. The molecule has 1 aliphatic rings. The third-order valence-electron chi connectivity index (χ3n) is 7.01. The quantitative estimate of drug-likeness (QED) is 0.287. The molecular weight excluding hydrogens is 487 g/mol. The van der Waals surface area contributed by atoms with E-state index in [1.54, 1.807) is 27.0 Å². The van der Waals surface area contributed by atoms with E-state index < -0.39 is 11.4 Å². The van der Waals surface area contributed by atoms with Gasteiger partial charge in [0.1, 0.15) is 17.9 Å². The number of aliphatic hydroxyl groups is 1. The highest BCUT2D eigenvalue weighted by atomic mass is 19.1. The molecule has 1 unspecified atom stereocenters. The molecule has 2 atom stereocenters. The van der Waals surface area contributed by atoms with E-state index >= 15 is 0 Å². The number of hydrogen-bond donors (Lipinski definition) is 4.